The Balaban J connectivity index is 2.21. The third-order valence-corrected chi connectivity index (χ3v) is 6.39. The number of rotatable bonds is 2. The van der Waals surface area contributed by atoms with Gasteiger partial charge in [-0.05, 0) is 31.1 Å². The lowest BCUT2D eigenvalue weighted by Crippen LogP contribution is -2.63. The van der Waals surface area contributed by atoms with Crippen molar-refractivity contribution in [1.29, 1.82) is 0 Å². The Kier molecular flexibility index (Phi) is 4.04. The van der Waals surface area contributed by atoms with E-state index in [2.05, 4.69) is 18.7 Å². The minimum atomic E-state index is -2.91. The van der Waals surface area contributed by atoms with Gasteiger partial charge in [0.15, 0.2) is 9.84 Å². The van der Waals surface area contributed by atoms with E-state index in [1.807, 2.05) is 0 Å². The average molecular weight is 274 g/mol. The van der Waals surface area contributed by atoms with Crippen molar-refractivity contribution in [3.63, 3.8) is 0 Å². The Hall–Kier alpha value is -0.130. The molecule has 0 bridgehead atoms. The second kappa shape index (κ2) is 5.10. The van der Waals surface area contributed by atoms with E-state index in [0.717, 1.165) is 25.9 Å². The first-order valence-electron chi connectivity index (χ1n) is 7.02. The molecule has 2 heterocycles. The number of nitrogens with two attached hydrogens (primary N) is 1. The van der Waals surface area contributed by atoms with Gasteiger partial charge in [0.1, 0.15) is 0 Å². The molecule has 3 atom stereocenters. The van der Waals surface area contributed by atoms with Crippen LogP contribution in [0.5, 0.6) is 0 Å². The number of sulfone groups is 1. The van der Waals surface area contributed by atoms with E-state index in [1.54, 1.807) is 0 Å². The summed E-state index contributed by atoms with van der Waals surface area (Å²) in [7, 11) is -2.91. The van der Waals surface area contributed by atoms with E-state index >= 15 is 0 Å². The van der Waals surface area contributed by atoms with E-state index in [0.29, 0.717) is 24.1 Å². The molecule has 2 fully saturated rings. The van der Waals surface area contributed by atoms with E-state index in [4.69, 9.17) is 5.73 Å². The highest BCUT2D eigenvalue weighted by molar-refractivity contribution is 7.91. The van der Waals surface area contributed by atoms with Crippen molar-refractivity contribution in [2.75, 3.05) is 31.1 Å². The Labute approximate surface area is 111 Å². The van der Waals surface area contributed by atoms with Crippen LogP contribution in [0, 0.1) is 11.8 Å². The van der Waals surface area contributed by atoms with Gasteiger partial charge in [-0.2, -0.15) is 0 Å². The van der Waals surface area contributed by atoms with Gasteiger partial charge in [0.2, 0.25) is 0 Å². The maximum absolute atomic E-state index is 11.9. The monoisotopic (exact) mass is 274 g/mol. The molecule has 4 nitrogen and oxygen atoms in total. The van der Waals surface area contributed by atoms with Crippen LogP contribution in [0.2, 0.25) is 0 Å². The molecule has 0 saturated carbocycles. The van der Waals surface area contributed by atoms with Crippen LogP contribution in [0.15, 0.2) is 0 Å². The fourth-order valence-corrected chi connectivity index (χ4v) is 5.76. The molecule has 18 heavy (non-hydrogen) atoms. The molecule has 3 unspecified atom stereocenters. The van der Waals surface area contributed by atoms with Crippen molar-refractivity contribution >= 4 is 9.84 Å². The molecule has 2 rings (SSSR count). The molecule has 2 saturated heterocycles. The van der Waals surface area contributed by atoms with Crippen molar-refractivity contribution in [3.8, 4) is 0 Å². The van der Waals surface area contributed by atoms with Crippen molar-refractivity contribution in [1.82, 2.24) is 4.90 Å². The van der Waals surface area contributed by atoms with Crippen LogP contribution in [0.1, 0.15) is 33.1 Å². The Morgan fingerprint density at radius 2 is 1.89 bits per heavy atom. The Morgan fingerprint density at radius 1 is 1.28 bits per heavy atom. The molecule has 0 radical (unpaired) electrons. The van der Waals surface area contributed by atoms with Gasteiger partial charge in [-0.25, -0.2) is 8.42 Å². The SMILES string of the molecule is CC1CC(C)CN(C2(CN)CCCS(=O)(=O)C2)C1. The largest absolute Gasteiger partial charge is 0.329 e. The van der Waals surface area contributed by atoms with Crippen LogP contribution in [0.4, 0.5) is 0 Å². The topological polar surface area (TPSA) is 63.4 Å². The van der Waals surface area contributed by atoms with Crippen molar-refractivity contribution in [3.05, 3.63) is 0 Å². The van der Waals surface area contributed by atoms with Crippen molar-refractivity contribution in [2.45, 2.75) is 38.6 Å². The van der Waals surface area contributed by atoms with Gasteiger partial charge < -0.3 is 5.73 Å². The zero-order chi connectivity index (χ0) is 13.4. The van der Waals surface area contributed by atoms with Gasteiger partial charge in [0.05, 0.1) is 11.5 Å². The van der Waals surface area contributed by atoms with Gasteiger partial charge in [-0.3, -0.25) is 4.90 Å². The molecule has 0 spiro atoms. The average Bonchev–Trinajstić information content (AvgIpc) is 2.26. The van der Waals surface area contributed by atoms with Crippen molar-refractivity contribution in [2.24, 2.45) is 17.6 Å². The second-order valence-electron chi connectivity index (χ2n) is 6.48. The maximum Gasteiger partial charge on any atom is 0.152 e. The van der Waals surface area contributed by atoms with Crippen LogP contribution in [0.25, 0.3) is 0 Å². The first-order chi connectivity index (χ1) is 8.37. The quantitative estimate of drug-likeness (QED) is 0.811. The van der Waals surface area contributed by atoms with E-state index in [1.165, 1.54) is 6.42 Å². The summed E-state index contributed by atoms with van der Waals surface area (Å²) in [6.45, 7) is 6.97. The molecular weight excluding hydrogens is 248 g/mol. The lowest BCUT2D eigenvalue weighted by molar-refractivity contribution is 0.0339. The highest BCUT2D eigenvalue weighted by Gasteiger charge is 2.44. The molecule has 5 heteroatoms. The van der Waals surface area contributed by atoms with E-state index in [-0.39, 0.29) is 11.3 Å². The summed E-state index contributed by atoms with van der Waals surface area (Å²) in [5.74, 6) is 1.88. The van der Waals surface area contributed by atoms with Gasteiger partial charge in [0.25, 0.3) is 0 Å². The van der Waals surface area contributed by atoms with Crippen LogP contribution in [-0.2, 0) is 9.84 Å². The minimum Gasteiger partial charge on any atom is -0.329 e. The molecule has 106 valence electrons. The number of likely N-dealkylation sites (tertiary alicyclic amines) is 1. The Bertz CT molecular complexity index is 386. The van der Waals surface area contributed by atoms with Gasteiger partial charge in [-0.15, -0.1) is 0 Å². The minimum absolute atomic E-state index is 0.260. The molecule has 2 aliphatic heterocycles. The molecule has 2 aliphatic rings. The number of nitrogens with zero attached hydrogens (tertiary/aromatic N) is 1. The lowest BCUT2D eigenvalue weighted by Gasteiger charge is -2.49. The summed E-state index contributed by atoms with van der Waals surface area (Å²) < 4.78 is 23.9. The predicted octanol–water partition coefficient (Wildman–Crippen LogP) is 0.870. The van der Waals surface area contributed by atoms with Gasteiger partial charge >= 0.3 is 0 Å². The second-order valence-corrected chi connectivity index (χ2v) is 8.66. The van der Waals surface area contributed by atoms with Crippen LogP contribution in [-0.4, -0.2) is 50.0 Å². The lowest BCUT2D eigenvalue weighted by atomic mass is 9.85. The summed E-state index contributed by atoms with van der Waals surface area (Å²) in [6.07, 6.45) is 2.94. The van der Waals surface area contributed by atoms with Gasteiger partial charge in [0, 0.05) is 25.2 Å². The number of hydrogen-bond donors (Lipinski definition) is 1. The predicted molar refractivity (Wildman–Crippen MR) is 74.2 cm³/mol. The standard InChI is InChI=1S/C13H26N2O2S/c1-11-6-12(2)8-15(7-11)13(9-14)4-3-5-18(16,17)10-13/h11-12H,3-10,14H2,1-2H3. The van der Waals surface area contributed by atoms with Gasteiger partial charge in [-0.1, -0.05) is 13.8 Å². The normalized spacial score (nSPS) is 41.7. The highest BCUT2D eigenvalue weighted by atomic mass is 32.2. The number of piperidine rings is 1. The third kappa shape index (κ3) is 2.89. The summed E-state index contributed by atoms with van der Waals surface area (Å²) in [4.78, 5) is 2.38. The smallest absolute Gasteiger partial charge is 0.152 e. The fraction of sp³-hybridized carbons (Fsp3) is 1.00. The van der Waals surface area contributed by atoms with Crippen LogP contribution >= 0.6 is 0 Å². The third-order valence-electron chi connectivity index (χ3n) is 4.51. The molecule has 2 N–H and O–H groups in total. The summed E-state index contributed by atoms with van der Waals surface area (Å²) in [5, 5.41) is 0. The summed E-state index contributed by atoms with van der Waals surface area (Å²) >= 11 is 0. The number of hydrogen-bond acceptors (Lipinski definition) is 4. The summed E-state index contributed by atoms with van der Waals surface area (Å²) in [6, 6.07) is 0. The fourth-order valence-electron chi connectivity index (χ4n) is 3.76. The highest BCUT2D eigenvalue weighted by Crippen LogP contribution is 2.33. The molecular formula is C13H26N2O2S. The first-order valence-corrected chi connectivity index (χ1v) is 8.84. The molecule has 0 amide bonds. The van der Waals surface area contributed by atoms with Crippen molar-refractivity contribution < 1.29 is 8.42 Å². The van der Waals surface area contributed by atoms with Crippen LogP contribution in [0.3, 0.4) is 0 Å². The molecule has 0 aromatic rings. The molecule has 0 aromatic heterocycles. The summed E-state index contributed by atoms with van der Waals surface area (Å²) in [5.41, 5.74) is 5.68. The van der Waals surface area contributed by atoms with E-state index in [9.17, 15) is 8.42 Å². The van der Waals surface area contributed by atoms with Crippen LogP contribution < -0.4 is 5.73 Å². The maximum atomic E-state index is 11.9. The van der Waals surface area contributed by atoms with E-state index < -0.39 is 9.84 Å². The molecule has 0 aromatic carbocycles. The Morgan fingerprint density at radius 3 is 2.39 bits per heavy atom. The zero-order valence-corrected chi connectivity index (χ0v) is 12.4. The molecule has 0 aliphatic carbocycles. The zero-order valence-electron chi connectivity index (χ0n) is 11.6. The first kappa shape index (κ1) is 14.3.